The van der Waals surface area contributed by atoms with Crippen LogP contribution >= 0.6 is 0 Å². The molecule has 36 heavy (non-hydrogen) atoms. The van der Waals surface area contributed by atoms with Gasteiger partial charge in [-0.3, -0.25) is 0 Å². The summed E-state index contributed by atoms with van der Waals surface area (Å²) in [7, 11) is 4.74. The van der Waals surface area contributed by atoms with Gasteiger partial charge in [-0.05, 0) is 53.8 Å². The molecule has 0 atom stereocenters. The third kappa shape index (κ3) is 4.24. The lowest BCUT2D eigenvalue weighted by molar-refractivity contribution is 0.0438. The van der Waals surface area contributed by atoms with Crippen LogP contribution in [0.5, 0.6) is 17.2 Å². The molecule has 0 fully saturated rings. The van der Waals surface area contributed by atoms with Crippen LogP contribution in [0.2, 0.25) is 0 Å². The summed E-state index contributed by atoms with van der Waals surface area (Å²) in [6, 6.07) is 11.3. The first-order chi connectivity index (χ1) is 17.5. The largest absolute Gasteiger partial charge is 0.493 e. The van der Waals surface area contributed by atoms with Crippen molar-refractivity contribution in [3.05, 3.63) is 70.6 Å². The molecule has 0 unspecified atom stereocenters. The quantitative estimate of drug-likeness (QED) is 0.340. The first-order valence-corrected chi connectivity index (χ1v) is 11.4. The summed E-state index contributed by atoms with van der Waals surface area (Å²) in [5.74, 6) is 1.87. The molecule has 5 rings (SSSR count). The van der Waals surface area contributed by atoms with Crippen molar-refractivity contribution in [2.45, 2.75) is 26.4 Å². The maximum Gasteiger partial charge on any atom is 0.339 e. The lowest BCUT2D eigenvalue weighted by Gasteiger charge is -2.13. The highest BCUT2D eigenvalue weighted by molar-refractivity contribution is 6.07. The molecule has 0 N–H and O–H groups in total. The topological polar surface area (TPSA) is 106 Å². The molecule has 184 valence electrons. The lowest BCUT2D eigenvalue weighted by Crippen LogP contribution is -2.10. The maximum absolute atomic E-state index is 13.3. The van der Waals surface area contributed by atoms with Crippen molar-refractivity contribution in [1.82, 2.24) is 15.2 Å². The van der Waals surface area contributed by atoms with Gasteiger partial charge in [-0.1, -0.05) is 18.2 Å². The van der Waals surface area contributed by atoms with Gasteiger partial charge in [0.1, 0.15) is 0 Å². The van der Waals surface area contributed by atoms with Crippen LogP contribution in [-0.2, 0) is 17.8 Å². The maximum atomic E-state index is 13.3. The summed E-state index contributed by atoms with van der Waals surface area (Å²) in [5.41, 5.74) is 4.75. The summed E-state index contributed by atoms with van der Waals surface area (Å²) in [4.78, 5) is 18.2. The highest BCUT2D eigenvalue weighted by atomic mass is 16.5. The first-order valence-electron chi connectivity index (χ1n) is 11.4. The van der Waals surface area contributed by atoms with E-state index in [1.807, 2.05) is 42.5 Å². The van der Waals surface area contributed by atoms with Crippen molar-refractivity contribution in [2.75, 3.05) is 21.3 Å². The Morgan fingerprint density at radius 3 is 2.44 bits per heavy atom. The highest BCUT2D eigenvalue weighted by Gasteiger charge is 2.28. The van der Waals surface area contributed by atoms with Gasteiger partial charge in [0.25, 0.3) is 5.89 Å². The number of carbonyl (C=O) groups excluding carboxylic acids is 1. The Balaban J connectivity index is 1.56. The Kier molecular flexibility index (Phi) is 6.28. The number of pyridine rings is 1. The summed E-state index contributed by atoms with van der Waals surface area (Å²) < 4.78 is 27.3. The monoisotopic (exact) mass is 487 g/mol. The van der Waals surface area contributed by atoms with E-state index in [0.29, 0.717) is 35.1 Å². The number of rotatable bonds is 7. The van der Waals surface area contributed by atoms with E-state index in [-0.39, 0.29) is 12.5 Å². The van der Waals surface area contributed by atoms with Gasteiger partial charge in [0, 0.05) is 12.3 Å². The second-order valence-electron chi connectivity index (χ2n) is 8.25. The lowest BCUT2D eigenvalue weighted by atomic mass is 10.0. The van der Waals surface area contributed by atoms with E-state index < -0.39 is 5.97 Å². The van der Waals surface area contributed by atoms with E-state index >= 15 is 0 Å². The molecule has 9 heteroatoms. The van der Waals surface area contributed by atoms with E-state index in [1.54, 1.807) is 28.3 Å². The molecule has 9 nitrogen and oxygen atoms in total. The Morgan fingerprint density at radius 2 is 1.78 bits per heavy atom. The zero-order valence-corrected chi connectivity index (χ0v) is 20.5. The third-order valence-corrected chi connectivity index (χ3v) is 6.07. The first kappa shape index (κ1) is 23.3. The predicted molar refractivity (Wildman–Crippen MR) is 132 cm³/mol. The number of nitrogens with zero attached hydrogens (tertiary/aromatic N) is 3. The molecule has 0 saturated carbocycles. The number of allylic oxidation sites excluding steroid dienone is 1. The van der Waals surface area contributed by atoms with Gasteiger partial charge in [0.15, 0.2) is 18.1 Å². The second kappa shape index (κ2) is 9.69. The number of benzene rings is 2. The van der Waals surface area contributed by atoms with Crippen LogP contribution in [-0.4, -0.2) is 42.5 Å². The molecule has 2 heterocycles. The predicted octanol–water partition coefficient (Wildman–Crippen LogP) is 4.80. The molecule has 0 radical (unpaired) electrons. The van der Waals surface area contributed by atoms with E-state index in [2.05, 4.69) is 10.2 Å². The van der Waals surface area contributed by atoms with E-state index in [0.717, 1.165) is 39.7 Å². The van der Waals surface area contributed by atoms with Crippen LogP contribution in [0.3, 0.4) is 0 Å². The molecule has 0 amide bonds. The molecule has 1 aliphatic rings. The average Bonchev–Trinajstić information content (AvgIpc) is 3.50. The average molecular weight is 488 g/mol. The Hall–Kier alpha value is -4.40. The fourth-order valence-corrected chi connectivity index (χ4v) is 4.49. The van der Waals surface area contributed by atoms with Crippen molar-refractivity contribution in [3.8, 4) is 17.2 Å². The third-order valence-electron chi connectivity index (χ3n) is 6.07. The highest BCUT2D eigenvalue weighted by Crippen LogP contribution is 2.41. The van der Waals surface area contributed by atoms with Crippen LogP contribution in [0.15, 0.2) is 40.8 Å². The minimum absolute atomic E-state index is 0.0980. The molecule has 1 aliphatic carbocycles. The van der Waals surface area contributed by atoms with Gasteiger partial charge < -0.3 is 23.4 Å². The molecule has 0 aliphatic heterocycles. The van der Waals surface area contributed by atoms with Gasteiger partial charge in [-0.2, -0.15) is 0 Å². The number of aryl methyl sites for hydroxylation is 1. The van der Waals surface area contributed by atoms with Crippen molar-refractivity contribution in [3.63, 3.8) is 0 Å². The summed E-state index contributed by atoms with van der Waals surface area (Å²) in [6.07, 6.45) is 3.42. The standard InChI is InChI=1S/C27H25N3O6/c1-15-29-30-23(36-15)14-35-27(31)24-18-7-5-6-8-20(18)28-25-17(9-10-19(24)25)11-16-12-21(32-2)26(34-4)22(13-16)33-3/h5-8,11-13H,9-10,14H2,1-4H3/b17-11+. The van der Waals surface area contributed by atoms with Crippen LogP contribution < -0.4 is 14.2 Å². The SMILES string of the molecule is COc1cc(/C=C2\CCc3c2nc2ccccc2c3C(=O)OCc2nnc(C)o2)cc(OC)c1OC. The van der Waals surface area contributed by atoms with E-state index in [9.17, 15) is 4.79 Å². The molecular formula is C27H25N3O6. The van der Waals surface area contributed by atoms with Crippen LogP contribution in [0, 0.1) is 6.92 Å². The number of carbonyl (C=O) groups is 1. The van der Waals surface area contributed by atoms with Gasteiger partial charge in [0.05, 0.1) is 38.1 Å². The van der Waals surface area contributed by atoms with Gasteiger partial charge in [0.2, 0.25) is 11.6 Å². The van der Waals surface area contributed by atoms with E-state index in [1.165, 1.54) is 0 Å². The van der Waals surface area contributed by atoms with Crippen LogP contribution in [0.4, 0.5) is 0 Å². The molecular weight excluding hydrogens is 462 g/mol. The van der Waals surface area contributed by atoms with Crippen molar-refractivity contribution >= 4 is 28.5 Å². The normalized spacial score (nSPS) is 13.6. The molecule has 0 spiro atoms. The number of para-hydroxylation sites is 1. The summed E-state index contributed by atoms with van der Waals surface area (Å²) in [6.45, 7) is 1.59. The molecule has 2 aromatic carbocycles. The summed E-state index contributed by atoms with van der Waals surface area (Å²) >= 11 is 0. The van der Waals surface area contributed by atoms with E-state index in [4.69, 9.17) is 28.3 Å². The van der Waals surface area contributed by atoms with Crippen molar-refractivity contribution < 1.29 is 28.2 Å². The van der Waals surface area contributed by atoms with Gasteiger partial charge in [-0.15, -0.1) is 10.2 Å². The zero-order valence-electron chi connectivity index (χ0n) is 20.5. The fourth-order valence-electron chi connectivity index (χ4n) is 4.49. The molecule has 0 bridgehead atoms. The van der Waals surface area contributed by atoms with Crippen LogP contribution in [0.25, 0.3) is 22.6 Å². The smallest absolute Gasteiger partial charge is 0.339 e. The van der Waals surface area contributed by atoms with Crippen molar-refractivity contribution in [2.24, 2.45) is 0 Å². The number of methoxy groups -OCH3 is 3. The van der Waals surface area contributed by atoms with Crippen molar-refractivity contribution in [1.29, 1.82) is 0 Å². The number of fused-ring (bicyclic) bond motifs is 2. The Bertz CT molecular complexity index is 1470. The molecule has 2 aromatic heterocycles. The summed E-state index contributed by atoms with van der Waals surface area (Å²) in [5, 5.41) is 8.43. The number of aromatic nitrogens is 3. The van der Waals surface area contributed by atoms with Crippen LogP contribution in [0.1, 0.15) is 45.4 Å². The number of ether oxygens (including phenoxy) is 4. The van der Waals surface area contributed by atoms with Gasteiger partial charge >= 0.3 is 5.97 Å². The minimum Gasteiger partial charge on any atom is -0.493 e. The number of esters is 1. The minimum atomic E-state index is -0.449. The fraction of sp³-hybridized carbons (Fsp3) is 0.259. The number of hydrogen-bond acceptors (Lipinski definition) is 9. The Morgan fingerprint density at radius 1 is 1.03 bits per heavy atom. The second-order valence-corrected chi connectivity index (χ2v) is 8.25. The molecule has 4 aromatic rings. The Labute approximate surface area is 207 Å². The zero-order chi connectivity index (χ0) is 25.2. The molecule has 0 saturated heterocycles. The number of hydrogen-bond donors (Lipinski definition) is 0. The van der Waals surface area contributed by atoms with Gasteiger partial charge in [-0.25, -0.2) is 9.78 Å².